The van der Waals surface area contributed by atoms with Gasteiger partial charge in [0, 0.05) is 23.9 Å². The molecule has 216 valence electrons. The summed E-state index contributed by atoms with van der Waals surface area (Å²) in [5.74, 6) is 1.75. The third-order valence-corrected chi connectivity index (χ3v) is 6.73. The van der Waals surface area contributed by atoms with E-state index in [2.05, 4.69) is 44.7 Å². The number of fused-ring (bicyclic) bond motifs is 1. The molecule has 0 saturated heterocycles. The summed E-state index contributed by atoms with van der Waals surface area (Å²) in [6, 6.07) is 14.1. The number of aliphatic hydroxyl groups is 1. The van der Waals surface area contributed by atoms with Crippen molar-refractivity contribution < 1.29 is 22.7 Å². The van der Waals surface area contributed by atoms with E-state index in [-0.39, 0.29) is 0 Å². The average molecular weight is 559 g/mol. The molecule has 0 aliphatic rings. The molecule has 2 N–H and O–H groups in total. The summed E-state index contributed by atoms with van der Waals surface area (Å²) in [4.78, 5) is 2.57. The molecule has 1 unspecified atom stereocenters. The number of aliphatic hydroxyl groups excluding tert-OH is 1. The van der Waals surface area contributed by atoms with E-state index in [1.807, 2.05) is 30.3 Å². The normalized spacial score (nSPS) is 11.8. The van der Waals surface area contributed by atoms with E-state index in [1.54, 1.807) is 0 Å². The van der Waals surface area contributed by atoms with Crippen LogP contribution in [0.3, 0.4) is 0 Å². The SMILES string of the molecule is CCCCc1oc2ccc(C)cc2c1C(O)c1ccc(OCCCN(CCCC)CCCC)cc1.N=S(=O)=O. The molecule has 0 bridgehead atoms. The molecule has 3 rings (SSSR count). The summed E-state index contributed by atoms with van der Waals surface area (Å²) in [6.45, 7) is 12.9. The van der Waals surface area contributed by atoms with E-state index >= 15 is 0 Å². The molecular weight excluding hydrogens is 512 g/mol. The van der Waals surface area contributed by atoms with Gasteiger partial charge in [0.1, 0.15) is 23.2 Å². The van der Waals surface area contributed by atoms with Gasteiger partial charge in [-0.3, -0.25) is 0 Å². The summed E-state index contributed by atoms with van der Waals surface area (Å²) in [7, 11) is -2.61. The minimum Gasteiger partial charge on any atom is -0.494 e. The van der Waals surface area contributed by atoms with Gasteiger partial charge < -0.3 is 19.2 Å². The Bertz CT molecular complexity index is 1210. The Hall–Kier alpha value is -2.68. The molecule has 2 aromatic carbocycles. The first kappa shape index (κ1) is 32.5. The van der Waals surface area contributed by atoms with E-state index in [4.69, 9.17) is 22.4 Å². The van der Waals surface area contributed by atoms with Crippen LogP contribution in [0.1, 0.15) is 94.3 Å². The van der Waals surface area contributed by atoms with Crippen LogP contribution in [0.15, 0.2) is 46.9 Å². The minimum absolute atomic E-state index is 0.712. The lowest BCUT2D eigenvalue weighted by Gasteiger charge is -2.21. The zero-order valence-corrected chi connectivity index (χ0v) is 24.9. The lowest BCUT2D eigenvalue weighted by atomic mass is 9.96. The largest absolute Gasteiger partial charge is 0.494 e. The number of aryl methyl sites for hydroxylation is 2. The van der Waals surface area contributed by atoms with E-state index in [0.29, 0.717) is 6.61 Å². The fourth-order valence-electron chi connectivity index (χ4n) is 4.59. The molecule has 3 aromatic rings. The molecule has 39 heavy (non-hydrogen) atoms. The van der Waals surface area contributed by atoms with Crippen molar-refractivity contribution >= 4 is 21.5 Å². The Morgan fingerprint density at radius 1 is 0.923 bits per heavy atom. The highest BCUT2D eigenvalue weighted by molar-refractivity contribution is 7.60. The van der Waals surface area contributed by atoms with Crippen LogP contribution in [0.4, 0.5) is 0 Å². The van der Waals surface area contributed by atoms with Crippen LogP contribution in [0.25, 0.3) is 11.0 Å². The van der Waals surface area contributed by atoms with Crippen LogP contribution in [0.2, 0.25) is 0 Å². The monoisotopic (exact) mass is 558 g/mol. The van der Waals surface area contributed by atoms with E-state index < -0.39 is 16.6 Å². The van der Waals surface area contributed by atoms with Crippen molar-refractivity contribution in [1.29, 1.82) is 4.78 Å². The number of hydrogen-bond acceptors (Lipinski definition) is 7. The number of nitrogens with one attached hydrogen (secondary N) is 1. The minimum atomic E-state index is -2.61. The zero-order valence-electron chi connectivity index (χ0n) is 24.0. The molecule has 0 aliphatic heterocycles. The standard InChI is InChI=1S/C31H45NO3.HNO2S/c1-5-8-12-29-30(27-23-24(4)13-18-28(27)35-29)31(33)25-14-16-26(17-15-25)34-22-11-21-32(19-9-6-2)20-10-7-3;1-4(2)3/h13-18,23,31,33H,5-12,19-22H2,1-4H3;1H. The van der Waals surface area contributed by atoms with Crippen molar-refractivity contribution in [1.82, 2.24) is 4.90 Å². The maximum atomic E-state index is 11.4. The fourth-order valence-corrected chi connectivity index (χ4v) is 4.59. The molecule has 1 heterocycles. The number of furan rings is 1. The Labute approximate surface area is 235 Å². The average Bonchev–Trinajstić information content (AvgIpc) is 3.27. The number of nitrogens with zero attached hydrogens (tertiary/aromatic N) is 1. The Balaban J connectivity index is 0.00000124. The second kappa shape index (κ2) is 17.8. The van der Waals surface area contributed by atoms with Crippen molar-refractivity contribution in [3.05, 3.63) is 64.9 Å². The molecule has 1 aromatic heterocycles. The van der Waals surface area contributed by atoms with Gasteiger partial charge in [0.05, 0.1) is 6.61 Å². The van der Waals surface area contributed by atoms with Crippen LogP contribution in [0.5, 0.6) is 5.75 Å². The van der Waals surface area contributed by atoms with Crippen LogP contribution >= 0.6 is 0 Å². The molecule has 1 atom stereocenters. The second-order valence-corrected chi connectivity index (χ2v) is 10.5. The molecule has 7 nitrogen and oxygen atoms in total. The number of rotatable bonds is 16. The van der Waals surface area contributed by atoms with Gasteiger partial charge in [-0.2, -0.15) is 13.2 Å². The molecule has 0 amide bonds. The first-order valence-electron chi connectivity index (χ1n) is 14.3. The number of unbranched alkanes of at least 4 members (excludes halogenated alkanes) is 3. The summed E-state index contributed by atoms with van der Waals surface area (Å²) in [5.41, 5.74) is 3.79. The van der Waals surface area contributed by atoms with Gasteiger partial charge in [-0.1, -0.05) is 63.8 Å². The highest BCUT2D eigenvalue weighted by atomic mass is 32.2. The molecule has 0 radical (unpaired) electrons. The number of ether oxygens (including phenoxy) is 1. The molecule has 0 saturated carbocycles. The fraction of sp³-hybridized carbons (Fsp3) is 0.548. The maximum Gasteiger partial charge on any atom is 0.308 e. The summed E-state index contributed by atoms with van der Waals surface area (Å²) >= 11 is 0. The predicted molar refractivity (Wildman–Crippen MR) is 158 cm³/mol. The second-order valence-electron chi connectivity index (χ2n) is 10.00. The quantitative estimate of drug-likeness (QED) is 0.177. The Morgan fingerprint density at radius 3 is 2.10 bits per heavy atom. The van der Waals surface area contributed by atoms with Crippen molar-refractivity contribution in [3.63, 3.8) is 0 Å². The Kier molecular flexibility index (Phi) is 14.9. The first-order chi connectivity index (χ1) is 18.8. The molecule has 0 fully saturated rings. The predicted octanol–water partition coefficient (Wildman–Crippen LogP) is 7.46. The molecule has 8 heteroatoms. The van der Waals surface area contributed by atoms with Gasteiger partial charge in [0.15, 0.2) is 0 Å². The van der Waals surface area contributed by atoms with Gasteiger partial charge in [0.25, 0.3) is 0 Å². The van der Waals surface area contributed by atoms with Crippen LogP contribution in [0, 0.1) is 11.7 Å². The highest BCUT2D eigenvalue weighted by Gasteiger charge is 2.22. The molecule has 0 aliphatic carbocycles. The van der Waals surface area contributed by atoms with Gasteiger partial charge >= 0.3 is 10.5 Å². The van der Waals surface area contributed by atoms with Crippen molar-refractivity contribution in [2.75, 3.05) is 26.2 Å². The van der Waals surface area contributed by atoms with Gasteiger partial charge in [-0.05, 0) is 75.5 Å². The van der Waals surface area contributed by atoms with Gasteiger partial charge in [-0.25, -0.2) is 0 Å². The van der Waals surface area contributed by atoms with Gasteiger partial charge in [-0.15, -0.1) is 0 Å². The number of hydrogen-bond donors (Lipinski definition) is 2. The van der Waals surface area contributed by atoms with Crippen LogP contribution in [-0.2, 0) is 16.9 Å². The summed E-state index contributed by atoms with van der Waals surface area (Å²) in [5, 5.41) is 12.4. The lowest BCUT2D eigenvalue weighted by molar-refractivity contribution is 0.217. The van der Waals surface area contributed by atoms with Crippen molar-refractivity contribution in [3.8, 4) is 5.75 Å². The van der Waals surface area contributed by atoms with Crippen molar-refractivity contribution in [2.45, 2.75) is 85.2 Å². The summed E-state index contributed by atoms with van der Waals surface area (Å²) < 4.78 is 35.0. The van der Waals surface area contributed by atoms with Crippen molar-refractivity contribution in [2.24, 2.45) is 0 Å². The Morgan fingerprint density at radius 2 is 1.51 bits per heavy atom. The zero-order chi connectivity index (χ0) is 28.6. The maximum absolute atomic E-state index is 11.4. The third kappa shape index (κ3) is 11.1. The first-order valence-corrected chi connectivity index (χ1v) is 15.3. The smallest absolute Gasteiger partial charge is 0.308 e. The topological polar surface area (TPSA) is 104 Å². The van der Waals surface area contributed by atoms with Crippen LogP contribution in [-0.4, -0.2) is 44.7 Å². The van der Waals surface area contributed by atoms with Crippen LogP contribution < -0.4 is 4.74 Å². The number of benzene rings is 2. The van der Waals surface area contributed by atoms with Gasteiger partial charge in [0.2, 0.25) is 0 Å². The third-order valence-electron chi connectivity index (χ3n) is 6.73. The molecule has 0 spiro atoms. The van der Waals surface area contributed by atoms with E-state index in [1.165, 1.54) is 44.3 Å². The van der Waals surface area contributed by atoms with E-state index in [0.717, 1.165) is 65.8 Å². The van der Waals surface area contributed by atoms with E-state index in [9.17, 15) is 5.11 Å². The molecular formula is C31H46N2O5S. The highest BCUT2D eigenvalue weighted by Crippen LogP contribution is 2.36. The lowest BCUT2D eigenvalue weighted by Crippen LogP contribution is -2.28. The summed E-state index contributed by atoms with van der Waals surface area (Å²) in [6.07, 6.45) is 8.29.